The zero-order valence-corrected chi connectivity index (χ0v) is 12.4. The van der Waals surface area contributed by atoms with E-state index in [9.17, 15) is 4.79 Å². The molecule has 2 rings (SSSR count). The molecule has 0 aliphatic heterocycles. The fourth-order valence-corrected chi connectivity index (χ4v) is 3.87. The number of allylic oxidation sites excluding steroid dienone is 4. The summed E-state index contributed by atoms with van der Waals surface area (Å²) < 4.78 is 0. The summed E-state index contributed by atoms with van der Waals surface area (Å²) in [5.41, 5.74) is 1.62. The molecule has 1 nitrogen and oxygen atoms in total. The summed E-state index contributed by atoms with van der Waals surface area (Å²) in [4.78, 5) is 12.0. The van der Waals surface area contributed by atoms with E-state index in [-0.39, 0.29) is 11.3 Å². The van der Waals surface area contributed by atoms with E-state index in [0.29, 0.717) is 11.7 Å². The maximum atomic E-state index is 12.0. The minimum atomic E-state index is 0.128. The van der Waals surface area contributed by atoms with E-state index in [2.05, 4.69) is 26.0 Å². The average Bonchev–Trinajstić information content (AvgIpc) is 2.64. The van der Waals surface area contributed by atoms with Crippen molar-refractivity contribution in [2.75, 3.05) is 0 Å². The number of carbonyl (C=O) groups is 1. The molecular weight excluding hydrogens is 244 g/mol. The largest absolute Gasteiger partial charge is 0.299 e. The van der Waals surface area contributed by atoms with Crippen LogP contribution in [0.15, 0.2) is 22.8 Å². The van der Waals surface area contributed by atoms with Crippen LogP contribution in [0.5, 0.6) is 0 Å². The Morgan fingerprint density at radius 3 is 3.06 bits per heavy atom. The standard InChI is InChI=1S/C16H23ClO/c1-11(6-7-12(2)17)13-8-9-14-15(18)5-4-10-16(13,14)3/h7-8,11,14H,4-6,9-10H2,1-3H3/b12-7+/t11-,14+,16-/m1/s1. The van der Waals surface area contributed by atoms with Crippen molar-refractivity contribution in [3.63, 3.8) is 0 Å². The summed E-state index contributed by atoms with van der Waals surface area (Å²) in [6.07, 6.45) is 9.38. The monoisotopic (exact) mass is 266 g/mol. The number of rotatable bonds is 3. The molecule has 2 aliphatic carbocycles. The van der Waals surface area contributed by atoms with Crippen molar-refractivity contribution in [1.29, 1.82) is 0 Å². The van der Waals surface area contributed by atoms with Gasteiger partial charge in [-0.05, 0) is 43.9 Å². The van der Waals surface area contributed by atoms with E-state index in [1.165, 1.54) is 12.0 Å². The molecular formula is C16H23ClO. The molecule has 1 saturated carbocycles. The van der Waals surface area contributed by atoms with Gasteiger partial charge in [-0.3, -0.25) is 4.79 Å². The topological polar surface area (TPSA) is 17.1 Å². The van der Waals surface area contributed by atoms with Crippen molar-refractivity contribution in [1.82, 2.24) is 0 Å². The quantitative estimate of drug-likeness (QED) is 0.667. The average molecular weight is 267 g/mol. The number of hydrogen-bond donors (Lipinski definition) is 0. The Kier molecular flexibility index (Phi) is 4.01. The summed E-state index contributed by atoms with van der Waals surface area (Å²) >= 11 is 5.91. The number of carbonyl (C=O) groups excluding carboxylic acids is 1. The Morgan fingerprint density at radius 1 is 1.67 bits per heavy atom. The number of fused-ring (bicyclic) bond motifs is 1. The molecule has 0 N–H and O–H groups in total. The number of ketones is 1. The van der Waals surface area contributed by atoms with Gasteiger partial charge in [0.1, 0.15) is 5.78 Å². The van der Waals surface area contributed by atoms with Crippen molar-refractivity contribution >= 4 is 17.4 Å². The molecule has 18 heavy (non-hydrogen) atoms. The van der Waals surface area contributed by atoms with Gasteiger partial charge < -0.3 is 0 Å². The first-order valence-electron chi connectivity index (χ1n) is 7.00. The van der Waals surface area contributed by atoms with Gasteiger partial charge in [0, 0.05) is 17.4 Å². The normalized spacial score (nSPS) is 34.2. The second-order valence-corrected chi connectivity index (χ2v) is 6.71. The first kappa shape index (κ1) is 13.9. The predicted octanol–water partition coefficient (Wildman–Crippen LogP) is 4.86. The van der Waals surface area contributed by atoms with E-state index >= 15 is 0 Å². The lowest BCUT2D eigenvalue weighted by atomic mass is 9.63. The van der Waals surface area contributed by atoms with Crippen molar-refractivity contribution in [3.8, 4) is 0 Å². The Balaban J connectivity index is 2.15. The fourth-order valence-electron chi connectivity index (χ4n) is 3.78. The first-order chi connectivity index (χ1) is 8.45. The summed E-state index contributed by atoms with van der Waals surface area (Å²) in [5.74, 6) is 1.23. The molecule has 0 heterocycles. The Morgan fingerprint density at radius 2 is 2.39 bits per heavy atom. The highest BCUT2D eigenvalue weighted by Gasteiger charge is 2.47. The van der Waals surface area contributed by atoms with Crippen LogP contribution in [0.4, 0.5) is 0 Å². The molecule has 0 amide bonds. The van der Waals surface area contributed by atoms with Crippen molar-refractivity contribution < 1.29 is 4.79 Å². The van der Waals surface area contributed by atoms with Gasteiger partial charge in [0.05, 0.1) is 0 Å². The minimum absolute atomic E-state index is 0.128. The Labute approximate surface area is 115 Å². The zero-order valence-electron chi connectivity index (χ0n) is 11.6. The van der Waals surface area contributed by atoms with E-state index < -0.39 is 0 Å². The van der Waals surface area contributed by atoms with Gasteiger partial charge in [0.15, 0.2) is 0 Å². The van der Waals surface area contributed by atoms with Crippen LogP contribution >= 0.6 is 11.6 Å². The second kappa shape index (κ2) is 5.21. The van der Waals surface area contributed by atoms with Crippen molar-refractivity contribution in [3.05, 3.63) is 22.8 Å². The molecule has 0 radical (unpaired) electrons. The fraction of sp³-hybridized carbons (Fsp3) is 0.688. The third-order valence-corrected chi connectivity index (χ3v) is 4.95. The van der Waals surface area contributed by atoms with Crippen LogP contribution < -0.4 is 0 Å². The SMILES string of the molecule is C/C(Cl)=C\C[C@@H](C)C1=CC[C@H]2C(=O)CCC[C@]12C. The summed E-state index contributed by atoms with van der Waals surface area (Å²) in [6, 6.07) is 0. The van der Waals surface area contributed by atoms with Crippen LogP contribution in [-0.4, -0.2) is 5.78 Å². The molecule has 100 valence electrons. The maximum Gasteiger partial charge on any atom is 0.137 e. The molecule has 0 aromatic heterocycles. The van der Waals surface area contributed by atoms with Crippen LogP contribution in [0.25, 0.3) is 0 Å². The smallest absolute Gasteiger partial charge is 0.137 e. The van der Waals surface area contributed by atoms with E-state index in [1.807, 2.05) is 6.92 Å². The molecule has 0 aromatic carbocycles. The number of halogens is 1. The van der Waals surface area contributed by atoms with Gasteiger partial charge in [-0.2, -0.15) is 0 Å². The van der Waals surface area contributed by atoms with Crippen molar-refractivity contribution in [2.45, 2.75) is 52.9 Å². The molecule has 0 spiro atoms. The van der Waals surface area contributed by atoms with Crippen molar-refractivity contribution in [2.24, 2.45) is 17.3 Å². The highest BCUT2D eigenvalue weighted by atomic mass is 35.5. The predicted molar refractivity (Wildman–Crippen MR) is 76.5 cm³/mol. The lowest BCUT2D eigenvalue weighted by molar-refractivity contribution is -0.128. The van der Waals surface area contributed by atoms with E-state index in [4.69, 9.17) is 11.6 Å². The molecule has 1 fully saturated rings. The van der Waals surface area contributed by atoms with E-state index in [0.717, 1.165) is 30.7 Å². The van der Waals surface area contributed by atoms with Crippen LogP contribution in [-0.2, 0) is 4.79 Å². The third-order valence-electron chi connectivity index (χ3n) is 4.79. The van der Waals surface area contributed by atoms with Gasteiger partial charge in [0.25, 0.3) is 0 Å². The lowest BCUT2D eigenvalue weighted by Crippen LogP contribution is -2.36. The molecule has 3 atom stereocenters. The molecule has 0 unspecified atom stereocenters. The zero-order chi connectivity index (χ0) is 13.3. The van der Waals surface area contributed by atoms with Crippen LogP contribution in [0.1, 0.15) is 52.9 Å². The molecule has 0 aromatic rings. The summed E-state index contributed by atoms with van der Waals surface area (Å²) in [6.45, 7) is 6.47. The van der Waals surface area contributed by atoms with Crippen LogP contribution in [0, 0.1) is 17.3 Å². The van der Waals surface area contributed by atoms with Gasteiger partial charge >= 0.3 is 0 Å². The van der Waals surface area contributed by atoms with E-state index in [1.54, 1.807) is 0 Å². The van der Waals surface area contributed by atoms with Crippen LogP contribution in [0.3, 0.4) is 0 Å². The number of Topliss-reactive ketones (excluding diaryl/α,β-unsaturated/α-hetero) is 1. The first-order valence-corrected chi connectivity index (χ1v) is 7.38. The highest BCUT2D eigenvalue weighted by Crippen LogP contribution is 2.53. The molecule has 2 aliphatic rings. The minimum Gasteiger partial charge on any atom is -0.299 e. The van der Waals surface area contributed by atoms with Gasteiger partial charge in [-0.25, -0.2) is 0 Å². The maximum absolute atomic E-state index is 12.0. The van der Waals surface area contributed by atoms with Crippen LogP contribution in [0.2, 0.25) is 0 Å². The molecule has 0 bridgehead atoms. The Hall–Kier alpha value is -0.560. The lowest BCUT2D eigenvalue weighted by Gasteiger charge is -2.40. The van der Waals surface area contributed by atoms with Gasteiger partial charge in [0.2, 0.25) is 0 Å². The highest BCUT2D eigenvalue weighted by molar-refractivity contribution is 6.29. The Bertz CT molecular complexity index is 403. The molecule has 0 saturated heterocycles. The number of hydrogen-bond acceptors (Lipinski definition) is 1. The van der Waals surface area contributed by atoms with Gasteiger partial charge in [-0.1, -0.05) is 43.2 Å². The van der Waals surface area contributed by atoms with Gasteiger partial charge in [-0.15, -0.1) is 0 Å². The molecule has 2 heteroatoms. The second-order valence-electron chi connectivity index (χ2n) is 6.11. The summed E-state index contributed by atoms with van der Waals surface area (Å²) in [7, 11) is 0. The summed E-state index contributed by atoms with van der Waals surface area (Å²) in [5, 5.41) is 0.863. The third kappa shape index (κ3) is 2.42.